The average Bonchev–Trinajstić information content (AvgIpc) is 3.13. The molecule has 3 nitrogen and oxygen atoms in total. The molecule has 30 heavy (non-hydrogen) atoms. The molecule has 0 atom stereocenters. The normalized spacial score (nSPS) is 11.6. The minimum Gasteiger partial charge on any atom is -0.506 e. The van der Waals surface area contributed by atoms with Crippen molar-refractivity contribution in [3.8, 4) is 5.75 Å². The van der Waals surface area contributed by atoms with Gasteiger partial charge in [-0.1, -0.05) is 48.5 Å². The first kappa shape index (κ1) is 18.6. The Labute approximate surface area is 182 Å². The molecule has 0 radical (unpaired) electrons. The third-order valence-electron chi connectivity index (χ3n) is 5.12. The Bertz CT molecular complexity index is 1390. The molecule has 0 amide bonds. The van der Waals surface area contributed by atoms with Crippen molar-refractivity contribution in [3.05, 3.63) is 106 Å². The van der Waals surface area contributed by atoms with Gasteiger partial charge in [-0.25, -0.2) is 0 Å². The number of benzene rings is 4. The molecule has 146 valence electrons. The molecule has 0 saturated heterocycles. The Morgan fingerprint density at radius 2 is 1.57 bits per heavy atom. The number of rotatable bonds is 4. The second-order valence-electron chi connectivity index (χ2n) is 7.21. The summed E-state index contributed by atoms with van der Waals surface area (Å²) in [7, 11) is 0. The predicted molar refractivity (Wildman–Crippen MR) is 126 cm³/mol. The zero-order valence-electron chi connectivity index (χ0n) is 16.0. The Balaban J connectivity index is 1.47. The van der Waals surface area contributed by atoms with Crippen molar-refractivity contribution in [2.75, 3.05) is 0 Å². The highest BCUT2D eigenvalue weighted by molar-refractivity contribution is 9.10. The molecule has 5 rings (SSSR count). The van der Waals surface area contributed by atoms with Gasteiger partial charge in [0.15, 0.2) is 0 Å². The Morgan fingerprint density at radius 3 is 2.43 bits per heavy atom. The van der Waals surface area contributed by atoms with Gasteiger partial charge in [0, 0.05) is 28.6 Å². The molecule has 0 bridgehead atoms. The van der Waals surface area contributed by atoms with Crippen molar-refractivity contribution in [2.45, 2.75) is 6.42 Å². The van der Waals surface area contributed by atoms with E-state index in [4.69, 9.17) is 4.42 Å². The van der Waals surface area contributed by atoms with Crippen molar-refractivity contribution in [3.63, 3.8) is 0 Å². The highest BCUT2D eigenvalue weighted by Crippen LogP contribution is 2.32. The smallest absolute Gasteiger partial charge is 0.138 e. The zero-order valence-corrected chi connectivity index (χ0v) is 17.6. The Kier molecular flexibility index (Phi) is 4.85. The maximum atomic E-state index is 10.5. The molecule has 0 aliphatic carbocycles. The van der Waals surface area contributed by atoms with Gasteiger partial charge in [0.05, 0.1) is 10.2 Å². The summed E-state index contributed by atoms with van der Waals surface area (Å²) in [6, 6.07) is 28.1. The summed E-state index contributed by atoms with van der Waals surface area (Å²) in [5, 5.41) is 12.6. The maximum Gasteiger partial charge on any atom is 0.138 e. The molecule has 4 heteroatoms. The lowest BCUT2D eigenvalue weighted by Gasteiger charge is -2.07. The summed E-state index contributed by atoms with van der Waals surface area (Å²) in [5.74, 6) is 0.181. The number of para-hydroxylation sites is 1. The van der Waals surface area contributed by atoms with Crippen LogP contribution in [0, 0.1) is 0 Å². The van der Waals surface area contributed by atoms with Crippen LogP contribution in [0.2, 0.25) is 0 Å². The molecule has 0 spiro atoms. The lowest BCUT2D eigenvalue weighted by Crippen LogP contribution is -1.92. The van der Waals surface area contributed by atoms with Gasteiger partial charge in [0.1, 0.15) is 16.9 Å². The van der Waals surface area contributed by atoms with Crippen LogP contribution in [-0.4, -0.2) is 11.3 Å². The first-order valence-corrected chi connectivity index (χ1v) is 10.5. The standard InChI is InChI=1S/C26H18BrNO2/c27-23-14-18(12-17-6-2-1-3-7-17)13-19(26(23)29)16-28-20-10-11-22-21-8-4-5-9-24(21)30-25(22)15-20/h1-11,13-16,29H,12H2. The minimum atomic E-state index is 0.181. The van der Waals surface area contributed by atoms with Gasteiger partial charge in [-0.2, -0.15) is 0 Å². The second kappa shape index (κ2) is 7.81. The number of nitrogens with zero attached hydrogens (tertiary/aromatic N) is 1. The van der Waals surface area contributed by atoms with Crippen molar-refractivity contribution >= 4 is 49.8 Å². The van der Waals surface area contributed by atoms with Gasteiger partial charge < -0.3 is 9.52 Å². The van der Waals surface area contributed by atoms with Crippen LogP contribution in [-0.2, 0) is 6.42 Å². The number of phenolic OH excluding ortho intramolecular Hbond substituents is 1. The van der Waals surface area contributed by atoms with Crippen LogP contribution in [0.15, 0.2) is 98.8 Å². The summed E-state index contributed by atoms with van der Waals surface area (Å²) in [6.45, 7) is 0. The third-order valence-corrected chi connectivity index (χ3v) is 5.72. The van der Waals surface area contributed by atoms with Gasteiger partial charge >= 0.3 is 0 Å². The van der Waals surface area contributed by atoms with Gasteiger partial charge in [-0.3, -0.25) is 4.99 Å². The summed E-state index contributed by atoms with van der Waals surface area (Å²) < 4.78 is 6.60. The highest BCUT2D eigenvalue weighted by Gasteiger charge is 2.09. The fourth-order valence-electron chi connectivity index (χ4n) is 3.65. The molecule has 0 unspecified atom stereocenters. The van der Waals surface area contributed by atoms with Crippen LogP contribution in [0.4, 0.5) is 5.69 Å². The van der Waals surface area contributed by atoms with E-state index >= 15 is 0 Å². The molecule has 5 aromatic rings. The molecular formula is C26H18BrNO2. The fraction of sp³-hybridized carbons (Fsp3) is 0.0385. The average molecular weight is 456 g/mol. The van der Waals surface area contributed by atoms with Crippen LogP contribution in [0.1, 0.15) is 16.7 Å². The van der Waals surface area contributed by atoms with Crippen LogP contribution < -0.4 is 0 Å². The molecule has 0 aliphatic rings. The minimum absolute atomic E-state index is 0.181. The summed E-state index contributed by atoms with van der Waals surface area (Å²) >= 11 is 3.46. The Morgan fingerprint density at radius 1 is 0.800 bits per heavy atom. The summed E-state index contributed by atoms with van der Waals surface area (Å²) in [6.07, 6.45) is 2.48. The fourth-order valence-corrected chi connectivity index (χ4v) is 4.17. The quantitative estimate of drug-likeness (QED) is 0.287. The summed E-state index contributed by atoms with van der Waals surface area (Å²) in [4.78, 5) is 4.58. The van der Waals surface area contributed by atoms with Crippen molar-refractivity contribution in [1.29, 1.82) is 0 Å². The van der Waals surface area contributed by atoms with Gasteiger partial charge in [0.25, 0.3) is 0 Å². The molecule has 1 heterocycles. The first-order chi connectivity index (χ1) is 14.7. The number of furan rings is 1. The van der Waals surface area contributed by atoms with Crippen molar-refractivity contribution in [1.82, 2.24) is 0 Å². The van der Waals surface area contributed by atoms with Crippen molar-refractivity contribution < 1.29 is 9.52 Å². The number of hydrogen-bond donors (Lipinski definition) is 1. The zero-order chi connectivity index (χ0) is 20.5. The topological polar surface area (TPSA) is 45.7 Å². The van der Waals surface area contributed by atoms with E-state index in [-0.39, 0.29) is 5.75 Å². The van der Waals surface area contributed by atoms with Gasteiger partial charge in [-0.05, 0) is 63.8 Å². The second-order valence-corrected chi connectivity index (χ2v) is 8.07. The van der Waals surface area contributed by atoms with E-state index in [0.29, 0.717) is 10.0 Å². The predicted octanol–water partition coefficient (Wildman–Crippen LogP) is 7.40. The largest absolute Gasteiger partial charge is 0.506 e. The van der Waals surface area contributed by atoms with E-state index < -0.39 is 0 Å². The number of aromatic hydroxyl groups is 1. The van der Waals surface area contributed by atoms with Gasteiger partial charge in [0.2, 0.25) is 0 Å². The van der Waals surface area contributed by atoms with Crippen LogP contribution in [0.3, 0.4) is 0 Å². The lowest BCUT2D eigenvalue weighted by atomic mass is 10.0. The molecule has 4 aromatic carbocycles. The summed E-state index contributed by atoms with van der Waals surface area (Å²) in [5.41, 5.74) is 5.41. The van der Waals surface area contributed by atoms with Crippen LogP contribution in [0.5, 0.6) is 5.75 Å². The van der Waals surface area contributed by atoms with E-state index in [0.717, 1.165) is 39.6 Å². The van der Waals surface area contributed by atoms with Crippen LogP contribution >= 0.6 is 15.9 Å². The number of phenols is 1. The van der Waals surface area contributed by atoms with E-state index in [2.05, 4.69) is 39.1 Å². The maximum absolute atomic E-state index is 10.5. The SMILES string of the molecule is Oc1c(Br)cc(Cc2ccccc2)cc1C=Nc1ccc2c(c1)oc1ccccc12. The highest BCUT2D eigenvalue weighted by atomic mass is 79.9. The van der Waals surface area contributed by atoms with E-state index in [1.54, 1.807) is 6.21 Å². The first-order valence-electron chi connectivity index (χ1n) is 9.68. The van der Waals surface area contributed by atoms with Crippen LogP contribution in [0.25, 0.3) is 21.9 Å². The molecule has 1 N–H and O–H groups in total. The molecule has 0 fully saturated rings. The monoisotopic (exact) mass is 455 g/mol. The molecular weight excluding hydrogens is 438 g/mol. The molecule has 0 aliphatic heterocycles. The van der Waals surface area contributed by atoms with Crippen molar-refractivity contribution in [2.24, 2.45) is 4.99 Å². The number of fused-ring (bicyclic) bond motifs is 3. The number of halogens is 1. The molecule has 1 aromatic heterocycles. The molecule has 0 saturated carbocycles. The Hall–Kier alpha value is -3.37. The van der Waals surface area contributed by atoms with E-state index in [9.17, 15) is 5.11 Å². The van der Waals surface area contributed by atoms with Gasteiger partial charge in [-0.15, -0.1) is 0 Å². The number of aliphatic imine (C=N–C) groups is 1. The lowest BCUT2D eigenvalue weighted by molar-refractivity contribution is 0.471. The number of hydrogen-bond acceptors (Lipinski definition) is 3. The third kappa shape index (κ3) is 3.62. The van der Waals surface area contributed by atoms with E-state index in [1.807, 2.05) is 66.7 Å². The van der Waals surface area contributed by atoms with E-state index in [1.165, 1.54) is 5.56 Å².